The van der Waals surface area contributed by atoms with Gasteiger partial charge in [-0.05, 0) is 19.3 Å². The summed E-state index contributed by atoms with van der Waals surface area (Å²) >= 11 is 0. The smallest absolute Gasteiger partial charge is 0.220 e. The summed E-state index contributed by atoms with van der Waals surface area (Å²) in [7, 11) is 0. The molecule has 2 aliphatic rings. The van der Waals surface area contributed by atoms with E-state index in [1.807, 2.05) is 0 Å². The molecule has 2 rings (SSSR count). The first-order valence-corrected chi connectivity index (χ1v) is 4.54. The molecule has 1 saturated carbocycles. The highest BCUT2D eigenvalue weighted by Gasteiger charge is 2.59. The lowest BCUT2D eigenvalue weighted by atomic mass is 9.74. The Hall–Kier alpha value is -0.570. The van der Waals surface area contributed by atoms with E-state index in [1.54, 1.807) is 0 Å². The maximum absolute atomic E-state index is 11.1. The number of carbonyl (C=O) groups is 1. The SMILES string of the molecule is CC1(CO)CCC(=O)NC12CC2. The molecule has 3 heteroatoms. The third-order valence-electron chi connectivity index (χ3n) is 3.54. The van der Waals surface area contributed by atoms with Crippen LogP contribution in [-0.2, 0) is 4.79 Å². The average Bonchev–Trinajstić information content (AvgIpc) is 2.80. The van der Waals surface area contributed by atoms with Crippen molar-refractivity contribution in [3.05, 3.63) is 0 Å². The first kappa shape index (κ1) is 8.05. The van der Waals surface area contributed by atoms with Crippen molar-refractivity contribution in [3.8, 4) is 0 Å². The van der Waals surface area contributed by atoms with Gasteiger partial charge in [0.25, 0.3) is 0 Å². The minimum atomic E-state index is -0.0685. The topological polar surface area (TPSA) is 49.3 Å². The summed E-state index contributed by atoms with van der Waals surface area (Å²) in [6, 6.07) is 0. The molecular formula is C9H15NO2. The minimum absolute atomic E-state index is 0.0446. The number of amides is 1. The van der Waals surface area contributed by atoms with E-state index in [9.17, 15) is 9.90 Å². The summed E-state index contributed by atoms with van der Waals surface area (Å²) in [5.41, 5.74) is -0.113. The van der Waals surface area contributed by atoms with Crippen molar-refractivity contribution in [1.29, 1.82) is 0 Å². The zero-order valence-electron chi connectivity index (χ0n) is 7.39. The Labute approximate surface area is 72.2 Å². The molecule has 1 amide bonds. The van der Waals surface area contributed by atoms with Crippen LogP contribution in [0.15, 0.2) is 0 Å². The molecule has 0 bridgehead atoms. The molecule has 0 radical (unpaired) electrons. The van der Waals surface area contributed by atoms with Crippen LogP contribution >= 0.6 is 0 Å². The monoisotopic (exact) mass is 169 g/mol. The van der Waals surface area contributed by atoms with Crippen molar-refractivity contribution in [1.82, 2.24) is 5.32 Å². The largest absolute Gasteiger partial charge is 0.396 e. The van der Waals surface area contributed by atoms with Crippen LogP contribution in [0.4, 0.5) is 0 Å². The lowest BCUT2D eigenvalue weighted by Gasteiger charge is -2.41. The first-order chi connectivity index (χ1) is 5.62. The van der Waals surface area contributed by atoms with Crippen molar-refractivity contribution in [3.63, 3.8) is 0 Å². The first-order valence-electron chi connectivity index (χ1n) is 4.54. The van der Waals surface area contributed by atoms with E-state index in [4.69, 9.17) is 0 Å². The molecule has 0 aromatic heterocycles. The highest BCUT2D eigenvalue weighted by Crippen LogP contribution is 2.53. The summed E-state index contributed by atoms with van der Waals surface area (Å²) in [6.07, 6.45) is 3.47. The summed E-state index contributed by atoms with van der Waals surface area (Å²) in [5, 5.41) is 12.3. The Morgan fingerprint density at radius 1 is 1.50 bits per heavy atom. The fourth-order valence-electron chi connectivity index (χ4n) is 2.19. The van der Waals surface area contributed by atoms with Gasteiger partial charge in [-0.25, -0.2) is 0 Å². The highest BCUT2D eigenvalue weighted by atomic mass is 16.3. The second kappa shape index (κ2) is 2.22. The zero-order valence-corrected chi connectivity index (χ0v) is 7.39. The molecule has 1 aliphatic carbocycles. The van der Waals surface area contributed by atoms with E-state index in [0.717, 1.165) is 19.3 Å². The molecule has 2 fully saturated rings. The normalized spacial score (nSPS) is 38.0. The highest BCUT2D eigenvalue weighted by molar-refractivity contribution is 5.78. The molecular weight excluding hydrogens is 154 g/mol. The number of piperidine rings is 1. The van der Waals surface area contributed by atoms with Crippen molar-refractivity contribution in [2.24, 2.45) is 5.41 Å². The van der Waals surface area contributed by atoms with Gasteiger partial charge in [-0.1, -0.05) is 6.92 Å². The lowest BCUT2D eigenvalue weighted by Crippen LogP contribution is -2.54. The van der Waals surface area contributed by atoms with Gasteiger partial charge in [-0.2, -0.15) is 0 Å². The molecule has 1 aliphatic heterocycles. The Kier molecular flexibility index (Phi) is 1.49. The minimum Gasteiger partial charge on any atom is -0.396 e. The molecule has 1 atom stereocenters. The van der Waals surface area contributed by atoms with Gasteiger partial charge in [0.05, 0.1) is 6.61 Å². The fraction of sp³-hybridized carbons (Fsp3) is 0.889. The van der Waals surface area contributed by atoms with Gasteiger partial charge in [-0.3, -0.25) is 4.79 Å². The lowest BCUT2D eigenvalue weighted by molar-refractivity contribution is -0.127. The Morgan fingerprint density at radius 3 is 2.67 bits per heavy atom. The van der Waals surface area contributed by atoms with Crippen LogP contribution in [0.2, 0.25) is 0 Å². The number of nitrogens with one attached hydrogen (secondary N) is 1. The van der Waals surface area contributed by atoms with Crippen LogP contribution < -0.4 is 5.32 Å². The van der Waals surface area contributed by atoms with Crippen LogP contribution in [0.3, 0.4) is 0 Å². The number of hydrogen-bond donors (Lipinski definition) is 2. The molecule has 1 heterocycles. The molecule has 1 saturated heterocycles. The predicted octanol–water partition coefficient (Wildman–Crippen LogP) is 0.428. The summed E-state index contributed by atoms with van der Waals surface area (Å²) < 4.78 is 0. The third kappa shape index (κ3) is 0.891. The number of aliphatic hydroxyl groups is 1. The molecule has 12 heavy (non-hydrogen) atoms. The van der Waals surface area contributed by atoms with E-state index in [-0.39, 0.29) is 23.5 Å². The van der Waals surface area contributed by atoms with Crippen LogP contribution in [-0.4, -0.2) is 23.2 Å². The molecule has 68 valence electrons. The van der Waals surface area contributed by atoms with Crippen molar-refractivity contribution in [2.45, 2.75) is 38.1 Å². The van der Waals surface area contributed by atoms with Crippen LogP contribution in [0, 0.1) is 5.41 Å². The summed E-state index contributed by atoms with van der Waals surface area (Å²) in [4.78, 5) is 11.1. The number of hydrogen-bond acceptors (Lipinski definition) is 2. The molecule has 0 aromatic rings. The molecule has 1 spiro atoms. The fourth-order valence-corrected chi connectivity index (χ4v) is 2.19. The number of aliphatic hydroxyl groups excluding tert-OH is 1. The quantitative estimate of drug-likeness (QED) is 0.598. The van der Waals surface area contributed by atoms with Crippen molar-refractivity contribution >= 4 is 5.91 Å². The van der Waals surface area contributed by atoms with Gasteiger partial charge < -0.3 is 10.4 Å². The standard InChI is InChI=1S/C9H15NO2/c1-8(6-11)3-2-7(12)10-9(8)4-5-9/h11H,2-6H2,1H3,(H,10,12). The van der Waals surface area contributed by atoms with Crippen LogP contribution in [0.1, 0.15) is 32.6 Å². The number of rotatable bonds is 1. The van der Waals surface area contributed by atoms with E-state index < -0.39 is 0 Å². The van der Waals surface area contributed by atoms with Crippen LogP contribution in [0.5, 0.6) is 0 Å². The number of carbonyl (C=O) groups excluding carboxylic acids is 1. The molecule has 0 aromatic carbocycles. The average molecular weight is 169 g/mol. The maximum Gasteiger partial charge on any atom is 0.220 e. The van der Waals surface area contributed by atoms with E-state index in [0.29, 0.717) is 6.42 Å². The Balaban J connectivity index is 2.20. The van der Waals surface area contributed by atoms with Gasteiger partial charge in [-0.15, -0.1) is 0 Å². The maximum atomic E-state index is 11.1. The van der Waals surface area contributed by atoms with Gasteiger partial charge >= 0.3 is 0 Å². The summed E-state index contributed by atoms with van der Waals surface area (Å²) in [6.45, 7) is 2.26. The van der Waals surface area contributed by atoms with Gasteiger partial charge in [0.2, 0.25) is 5.91 Å². The Morgan fingerprint density at radius 2 is 2.17 bits per heavy atom. The molecule has 1 unspecified atom stereocenters. The predicted molar refractivity (Wildman–Crippen MR) is 44.5 cm³/mol. The molecule has 2 N–H and O–H groups in total. The van der Waals surface area contributed by atoms with Gasteiger partial charge in [0, 0.05) is 17.4 Å². The van der Waals surface area contributed by atoms with Crippen molar-refractivity contribution < 1.29 is 9.90 Å². The van der Waals surface area contributed by atoms with Crippen LogP contribution in [0.25, 0.3) is 0 Å². The van der Waals surface area contributed by atoms with E-state index >= 15 is 0 Å². The van der Waals surface area contributed by atoms with E-state index in [1.165, 1.54) is 0 Å². The van der Waals surface area contributed by atoms with Gasteiger partial charge in [0.15, 0.2) is 0 Å². The van der Waals surface area contributed by atoms with Crippen molar-refractivity contribution in [2.75, 3.05) is 6.61 Å². The van der Waals surface area contributed by atoms with E-state index in [2.05, 4.69) is 12.2 Å². The summed E-state index contributed by atoms with van der Waals surface area (Å²) in [5.74, 6) is 0.151. The van der Waals surface area contributed by atoms with Gasteiger partial charge in [0.1, 0.15) is 0 Å². The third-order valence-corrected chi connectivity index (χ3v) is 3.54. The second-order valence-corrected chi connectivity index (χ2v) is 4.35. The zero-order chi connectivity index (χ0) is 8.82. The Bertz CT molecular complexity index is 223. The molecule has 3 nitrogen and oxygen atoms in total. The second-order valence-electron chi connectivity index (χ2n) is 4.35.